The van der Waals surface area contributed by atoms with Gasteiger partial charge in [0.05, 0.1) is 17.5 Å². The second-order valence-corrected chi connectivity index (χ2v) is 7.29. The molecule has 1 fully saturated rings. The largest absolute Gasteiger partial charge is 0.369 e. The van der Waals surface area contributed by atoms with Crippen LogP contribution in [0.1, 0.15) is 29.4 Å². The van der Waals surface area contributed by atoms with Gasteiger partial charge in [-0.3, -0.25) is 9.59 Å². The molecule has 1 saturated heterocycles. The molecule has 2 aromatic heterocycles. The third kappa shape index (κ3) is 3.29. The van der Waals surface area contributed by atoms with Gasteiger partial charge in [-0.15, -0.1) is 0 Å². The lowest BCUT2D eigenvalue weighted by molar-refractivity contribution is -0.137. The van der Waals surface area contributed by atoms with Gasteiger partial charge in [-0.05, 0) is 25.1 Å². The molecule has 0 unspecified atom stereocenters. The van der Waals surface area contributed by atoms with E-state index in [1.54, 1.807) is 37.6 Å². The van der Waals surface area contributed by atoms with Crippen LogP contribution in [-0.4, -0.2) is 55.5 Å². The first-order valence-electron chi connectivity index (χ1n) is 9.59. The fourth-order valence-corrected chi connectivity index (χ4v) is 3.53. The van der Waals surface area contributed by atoms with E-state index in [0.717, 1.165) is 5.52 Å². The summed E-state index contributed by atoms with van der Waals surface area (Å²) in [6.45, 7) is 3.13. The number of aryl methyl sites for hydroxylation is 1. The highest BCUT2D eigenvalue weighted by Gasteiger charge is 2.42. The molecule has 0 bridgehead atoms. The van der Waals surface area contributed by atoms with Crippen LogP contribution in [0, 0.1) is 11.8 Å². The van der Waals surface area contributed by atoms with E-state index in [1.165, 1.54) is 4.90 Å². The number of primary amides is 1. The van der Waals surface area contributed by atoms with Crippen LogP contribution in [0.2, 0.25) is 0 Å². The predicted octanol–water partition coefficient (Wildman–Crippen LogP) is 1.16. The SMILES string of the molecule is CCn1cnc2c(-c3cccc(C#C[C@]4(O)CCN(C)C4=O)c3)nc(C(N)=O)cc21. The minimum atomic E-state index is -1.66. The highest BCUT2D eigenvalue weighted by Crippen LogP contribution is 2.28. The van der Waals surface area contributed by atoms with Crippen molar-refractivity contribution >= 4 is 22.8 Å². The van der Waals surface area contributed by atoms with E-state index in [9.17, 15) is 14.7 Å². The second-order valence-electron chi connectivity index (χ2n) is 7.29. The molecule has 152 valence electrons. The van der Waals surface area contributed by atoms with Crippen molar-refractivity contribution in [2.45, 2.75) is 25.5 Å². The minimum Gasteiger partial charge on any atom is -0.369 e. The topological polar surface area (TPSA) is 114 Å². The molecule has 30 heavy (non-hydrogen) atoms. The first-order valence-corrected chi connectivity index (χ1v) is 9.59. The van der Waals surface area contributed by atoms with E-state index >= 15 is 0 Å². The maximum absolute atomic E-state index is 12.1. The van der Waals surface area contributed by atoms with Crippen molar-refractivity contribution in [3.8, 4) is 23.1 Å². The molecular formula is C22H21N5O3. The van der Waals surface area contributed by atoms with Gasteiger partial charge in [0.1, 0.15) is 11.2 Å². The molecule has 1 aliphatic heterocycles. The number of carbonyl (C=O) groups is 2. The number of rotatable bonds is 3. The number of hydrogen-bond acceptors (Lipinski definition) is 5. The molecular weight excluding hydrogens is 382 g/mol. The zero-order valence-corrected chi connectivity index (χ0v) is 16.7. The number of fused-ring (bicyclic) bond motifs is 1. The zero-order valence-electron chi connectivity index (χ0n) is 16.7. The van der Waals surface area contributed by atoms with E-state index < -0.39 is 17.4 Å². The third-order valence-corrected chi connectivity index (χ3v) is 5.26. The fourth-order valence-electron chi connectivity index (χ4n) is 3.53. The average molecular weight is 403 g/mol. The molecule has 0 radical (unpaired) electrons. The van der Waals surface area contributed by atoms with Crippen molar-refractivity contribution in [2.24, 2.45) is 5.73 Å². The summed E-state index contributed by atoms with van der Waals surface area (Å²) in [5.74, 6) is 4.59. The third-order valence-electron chi connectivity index (χ3n) is 5.26. The number of likely N-dealkylation sites (tertiary alicyclic amines) is 1. The smallest absolute Gasteiger partial charge is 0.267 e. The van der Waals surface area contributed by atoms with E-state index in [2.05, 4.69) is 21.8 Å². The number of amides is 2. The number of nitrogens with zero attached hydrogens (tertiary/aromatic N) is 4. The number of pyridine rings is 1. The van der Waals surface area contributed by atoms with Gasteiger partial charge in [0.2, 0.25) is 5.60 Å². The summed E-state index contributed by atoms with van der Waals surface area (Å²) < 4.78 is 1.91. The summed E-state index contributed by atoms with van der Waals surface area (Å²) in [5, 5.41) is 10.5. The Balaban J connectivity index is 1.79. The van der Waals surface area contributed by atoms with Crippen molar-refractivity contribution in [1.82, 2.24) is 19.4 Å². The lowest BCUT2D eigenvalue weighted by atomic mass is 10.0. The summed E-state index contributed by atoms with van der Waals surface area (Å²) in [7, 11) is 1.64. The van der Waals surface area contributed by atoms with Gasteiger partial charge in [0.25, 0.3) is 11.8 Å². The molecule has 4 rings (SSSR count). The number of aliphatic hydroxyl groups is 1. The highest BCUT2D eigenvalue weighted by molar-refractivity contribution is 5.98. The Morgan fingerprint density at radius 2 is 2.17 bits per heavy atom. The van der Waals surface area contributed by atoms with E-state index in [1.807, 2.05) is 17.6 Å². The number of imidazole rings is 1. The van der Waals surface area contributed by atoms with E-state index in [0.29, 0.717) is 35.4 Å². The maximum atomic E-state index is 12.1. The highest BCUT2D eigenvalue weighted by atomic mass is 16.3. The van der Waals surface area contributed by atoms with Gasteiger partial charge >= 0.3 is 0 Å². The van der Waals surface area contributed by atoms with Crippen LogP contribution in [0.25, 0.3) is 22.3 Å². The van der Waals surface area contributed by atoms with Crippen molar-refractivity contribution < 1.29 is 14.7 Å². The molecule has 0 saturated carbocycles. The number of nitrogens with two attached hydrogens (primary N) is 1. The van der Waals surface area contributed by atoms with Gasteiger partial charge in [-0.2, -0.15) is 0 Å². The zero-order chi connectivity index (χ0) is 21.5. The number of hydrogen-bond donors (Lipinski definition) is 2. The summed E-state index contributed by atoms with van der Waals surface area (Å²) in [6.07, 6.45) is 1.97. The van der Waals surface area contributed by atoms with E-state index in [4.69, 9.17) is 5.73 Å². The quantitative estimate of drug-likeness (QED) is 0.637. The van der Waals surface area contributed by atoms with Crippen LogP contribution in [0.5, 0.6) is 0 Å². The Labute approximate surface area is 173 Å². The Morgan fingerprint density at radius 1 is 1.37 bits per heavy atom. The number of benzene rings is 1. The second kappa shape index (κ2) is 7.28. The maximum Gasteiger partial charge on any atom is 0.267 e. The molecule has 1 atom stereocenters. The van der Waals surface area contributed by atoms with Gasteiger partial charge in [0.15, 0.2) is 0 Å². The van der Waals surface area contributed by atoms with E-state index in [-0.39, 0.29) is 12.1 Å². The molecule has 8 nitrogen and oxygen atoms in total. The summed E-state index contributed by atoms with van der Waals surface area (Å²) >= 11 is 0. The van der Waals surface area contributed by atoms with Gasteiger partial charge in [-0.25, -0.2) is 9.97 Å². The Bertz CT molecular complexity index is 1240. The molecule has 1 aromatic carbocycles. The van der Waals surface area contributed by atoms with Gasteiger partial charge in [-0.1, -0.05) is 24.0 Å². The Morgan fingerprint density at radius 3 is 2.83 bits per heavy atom. The normalized spacial score (nSPS) is 18.5. The molecule has 1 aliphatic rings. The van der Waals surface area contributed by atoms with Crippen LogP contribution in [0.15, 0.2) is 36.7 Å². The Hall–Kier alpha value is -3.70. The first-order chi connectivity index (χ1) is 14.3. The number of likely N-dealkylation sites (N-methyl/N-ethyl adjacent to an activating group) is 1. The van der Waals surface area contributed by atoms with Crippen molar-refractivity contribution in [3.05, 3.63) is 47.9 Å². The lowest BCUT2D eigenvalue weighted by Gasteiger charge is -2.13. The molecule has 3 N–H and O–H groups in total. The fraction of sp³-hybridized carbons (Fsp3) is 0.273. The van der Waals surface area contributed by atoms with Crippen LogP contribution < -0.4 is 5.73 Å². The average Bonchev–Trinajstić information content (AvgIpc) is 3.28. The molecule has 0 aliphatic carbocycles. The molecule has 0 spiro atoms. The van der Waals surface area contributed by atoms with Gasteiger partial charge < -0.3 is 20.3 Å². The number of aromatic nitrogens is 3. The lowest BCUT2D eigenvalue weighted by Crippen LogP contribution is -2.37. The monoisotopic (exact) mass is 403 g/mol. The van der Waals surface area contributed by atoms with Crippen molar-refractivity contribution in [2.75, 3.05) is 13.6 Å². The van der Waals surface area contributed by atoms with Crippen LogP contribution in [0.3, 0.4) is 0 Å². The van der Waals surface area contributed by atoms with Gasteiger partial charge in [0, 0.05) is 37.7 Å². The standard InChI is InChI=1S/C22H21N5O3/c1-3-27-13-24-19-17(27)12-16(20(23)28)25-18(19)15-6-4-5-14(11-15)7-8-22(30)9-10-26(2)21(22)29/h4-6,11-13,30H,3,9-10H2,1-2H3,(H2,23,28)/t22-/m0/s1. The van der Waals surface area contributed by atoms with Crippen LogP contribution in [0.4, 0.5) is 0 Å². The minimum absolute atomic E-state index is 0.151. The number of carbonyl (C=O) groups excluding carboxylic acids is 2. The van der Waals surface area contributed by atoms with Crippen molar-refractivity contribution in [3.63, 3.8) is 0 Å². The van der Waals surface area contributed by atoms with Crippen LogP contribution >= 0.6 is 0 Å². The molecule has 8 heteroatoms. The molecule has 3 heterocycles. The summed E-state index contributed by atoms with van der Waals surface area (Å²) in [5.41, 5.74) is 7.22. The van der Waals surface area contributed by atoms with Crippen LogP contribution in [-0.2, 0) is 11.3 Å². The Kier molecular flexibility index (Phi) is 4.76. The predicted molar refractivity (Wildman–Crippen MR) is 111 cm³/mol. The molecule has 3 aromatic rings. The summed E-state index contributed by atoms with van der Waals surface area (Å²) in [4.78, 5) is 34.3. The summed E-state index contributed by atoms with van der Waals surface area (Å²) in [6, 6.07) is 8.85. The van der Waals surface area contributed by atoms with Crippen molar-refractivity contribution in [1.29, 1.82) is 0 Å². The first kappa shape index (κ1) is 19.6. The molecule has 2 amide bonds.